The Morgan fingerprint density at radius 3 is 2.33 bits per heavy atom. The van der Waals surface area contributed by atoms with Crippen LogP contribution in [0, 0.1) is 0 Å². The van der Waals surface area contributed by atoms with Crippen LogP contribution in [0.2, 0.25) is 0 Å². The van der Waals surface area contributed by atoms with Gasteiger partial charge in [0.15, 0.2) is 5.78 Å². The minimum Gasteiger partial charge on any atom is -0.744 e. The van der Waals surface area contributed by atoms with Gasteiger partial charge in [-0.2, -0.15) is 0 Å². The second-order valence-electron chi connectivity index (χ2n) is 2.69. The monoisotopic (exact) mass is 254 g/mol. The van der Waals surface area contributed by atoms with Gasteiger partial charge in [-0.05, 0) is 19.1 Å². The molecule has 0 spiro atoms. The number of rotatable bonds is 2. The van der Waals surface area contributed by atoms with Gasteiger partial charge in [-0.3, -0.25) is 4.79 Å². The third-order valence-electron chi connectivity index (χ3n) is 1.64. The first-order chi connectivity index (χ1) is 6.32. The molecule has 0 atom stereocenters. The molecule has 0 amide bonds. The van der Waals surface area contributed by atoms with Crippen molar-refractivity contribution in [2.24, 2.45) is 0 Å². The van der Waals surface area contributed by atoms with Gasteiger partial charge in [0.05, 0.1) is 4.90 Å². The van der Waals surface area contributed by atoms with Gasteiger partial charge in [0.2, 0.25) is 0 Å². The van der Waals surface area contributed by atoms with Crippen LogP contribution >= 0.6 is 12.6 Å². The van der Waals surface area contributed by atoms with Crippen LogP contribution in [-0.2, 0) is 10.1 Å². The summed E-state index contributed by atoms with van der Waals surface area (Å²) in [6.45, 7) is 1.29. The zero-order valence-corrected chi connectivity index (χ0v) is 11.9. The summed E-state index contributed by atoms with van der Waals surface area (Å²) in [5.74, 6) is -0.303. The van der Waals surface area contributed by atoms with Crippen LogP contribution < -0.4 is 29.6 Å². The van der Waals surface area contributed by atoms with Crippen LogP contribution in [0.3, 0.4) is 0 Å². The maximum Gasteiger partial charge on any atom is 1.00 e. The van der Waals surface area contributed by atoms with Crippen molar-refractivity contribution in [1.29, 1.82) is 0 Å². The molecule has 0 N–H and O–H groups in total. The summed E-state index contributed by atoms with van der Waals surface area (Å²) < 4.78 is 32.1. The number of ketones is 1. The first kappa shape index (κ1) is 15.2. The van der Waals surface area contributed by atoms with E-state index in [4.69, 9.17) is 0 Å². The van der Waals surface area contributed by atoms with E-state index in [9.17, 15) is 17.8 Å². The summed E-state index contributed by atoms with van der Waals surface area (Å²) in [5.41, 5.74) is 0.178. The molecule has 0 aliphatic rings. The van der Waals surface area contributed by atoms with E-state index in [1.54, 1.807) is 0 Å². The van der Waals surface area contributed by atoms with Gasteiger partial charge in [-0.1, -0.05) is 6.07 Å². The van der Waals surface area contributed by atoms with Crippen molar-refractivity contribution in [2.45, 2.75) is 16.7 Å². The van der Waals surface area contributed by atoms with E-state index in [1.165, 1.54) is 19.1 Å². The smallest absolute Gasteiger partial charge is 0.744 e. The Balaban J connectivity index is 0.00000196. The normalized spacial score (nSPS) is 10.6. The Labute approximate surface area is 116 Å². The fraction of sp³-hybridized carbons (Fsp3) is 0.125. The second kappa shape index (κ2) is 5.47. The quantitative estimate of drug-likeness (QED) is 0.289. The van der Waals surface area contributed by atoms with E-state index in [2.05, 4.69) is 12.6 Å². The Morgan fingerprint density at radius 2 is 1.93 bits per heavy atom. The number of hydrogen-bond acceptors (Lipinski definition) is 5. The van der Waals surface area contributed by atoms with E-state index in [0.29, 0.717) is 0 Å². The number of hydrogen-bond donors (Lipinski definition) is 1. The van der Waals surface area contributed by atoms with Gasteiger partial charge in [-0.15, -0.1) is 12.6 Å². The summed E-state index contributed by atoms with van der Waals surface area (Å²) in [6.07, 6.45) is 0. The van der Waals surface area contributed by atoms with Crippen molar-refractivity contribution in [3.63, 3.8) is 0 Å². The summed E-state index contributed by atoms with van der Waals surface area (Å²) in [5, 5.41) is 0. The first-order valence-corrected chi connectivity index (χ1v) is 5.48. The largest absolute Gasteiger partial charge is 1.00 e. The molecule has 1 aromatic rings. The molecule has 0 bridgehead atoms. The number of carbonyl (C=O) groups excluding carboxylic acids is 1. The zero-order valence-electron chi connectivity index (χ0n) is 8.22. The predicted octanol–water partition coefficient (Wildman–Crippen LogP) is -1.91. The minimum atomic E-state index is -4.57. The molecule has 7 heteroatoms. The molecular weight excluding hydrogens is 247 g/mol. The number of carbonyl (C=O) groups is 1. The standard InChI is InChI=1S/C8H8O4S2.Na/c1-5(9)6-2-3-7(13)8(4-6)14(10,11)12;/h2-4,13H,1H3,(H,10,11,12);/q;+1/p-1. The topological polar surface area (TPSA) is 74.3 Å². The first-order valence-electron chi connectivity index (χ1n) is 3.62. The minimum absolute atomic E-state index is 0. The van der Waals surface area contributed by atoms with E-state index < -0.39 is 15.0 Å². The van der Waals surface area contributed by atoms with Crippen LogP contribution in [0.4, 0.5) is 0 Å². The molecule has 0 aliphatic heterocycles. The molecule has 0 fully saturated rings. The molecule has 1 rings (SSSR count). The SMILES string of the molecule is CC(=O)c1ccc(S)c(S(=O)(=O)[O-])c1.[Na+]. The van der Waals surface area contributed by atoms with Crippen LogP contribution in [0.25, 0.3) is 0 Å². The third-order valence-corrected chi connectivity index (χ3v) is 3.05. The van der Waals surface area contributed by atoms with E-state index >= 15 is 0 Å². The predicted molar refractivity (Wildman–Crippen MR) is 51.7 cm³/mol. The van der Waals surface area contributed by atoms with Crippen molar-refractivity contribution in [3.05, 3.63) is 23.8 Å². The van der Waals surface area contributed by atoms with Crippen molar-refractivity contribution in [1.82, 2.24) is 0 Å². The number of benzene rings is 1. The fourth-order valence-corrected chi connectivity index (χ4v) is 2.00. The van der Waals surface area contributed by atoms with Crippen molar-refractivity contribution in [2.75, 3.05) is 0 Å². The molecule has 4 nitrogen and oxygen atoms in total. The van der Waals surface area contributed by atoms with Crippen molar-refractivity contribution < 1.29 is 47.3 Å². The van der Waals surface area contributed by atoms with Gasteiger partial charge < -0.3 is 4.55 Å². The molecule has 0 saturated heterocycles. The zero-order chi connectivity index (χ0) is 10.9. The van der Waals surface area contributed by atoms with Gasteiger partial charge in [0.25, 0.3) is 0 Å². The van der Waals surface area contributed by atoms with Crippen LogP contribution in [-0.4, -0.2) is 18.8 Å². The van der Waals surface area contributed by atoms with Gasteiger partial charge >= 0.3 is 29.6 Å². The maximum absolute atomic E-state index is 10.9. The molecule has 0 heterocycles. The Kier molecular flexibility index (Phi) is 5.52. The molecule has 0 unspecified atom stereocenters. The summed E-state index contributed by atoms with van der Waals surface area (Å²) in [4.78, 5) is 10.5. The Hall–Kier alpha value is 0.150. The van der Waals surface area contributed by atoms with Crippen LogP contribution in [0.1, 0.15) is 17.3 Å². The molecular formula is C8H7NaO4S2. The molecule has 0 saturated carbocycles. The number of thiol groups is 1. The summed E-state index contributed by atoms with van der Waals surface area (Å²) in [7, 11) is -4.57. The second-order valence-corrected chi connectivity index (χ2v) is 4.52. The summed E-state index contributed by atoms with van der Waals surface area (Å²) in [6, 6.07) is 3.76. The van der Waals surface area contributed by atoms with Gasteiger partial charge in [0, 0.05) is 10.5 Å². The molecule has 0 aliphatic carbocycles. The number of Topliss-reactive ketones (excluding diaryl/α,β-unsaturated/α-hetero) is 1. The Morgan fingerprint density at radius 1 is 1.40 bits per heavy atom. The van der Waals surface area contributed by atoms with Crippen molar-refractivity contribution in [3.8, 4) is 0 Å². The van der Waals surface area contributed by atoms with E-state index in [0.717, 1.165) is 6.07 Å². The van der Waals surface area contributed by atoms with Gasteiger partial charge in [-0.25, -0.2) is 8.42 Å². The third kappa shape index (κ3) is 3.90. The average Bonchev–Trinajstić information content (AvgIpc) is 2.02. The average molecular weight is 254 g/mol. The molecule has 0 aromatic heterocycles. The summed E-state index contributed by atoms with van der Waals surface area (Å²) >= 11 is 3.82. The molecule has 15 heavy (non-hydrogen) atoms. The van der Waals surface area contributed by atoms with Crippen LogP contribution in [0.15, 0.2) is 28.0 Å². The van der Waals surface area contributed by atoms with E-state index in [1.807, 2.05) is 0 Å². The fourth-order valence-electron chi connectivity index (χ4n) is 0.933. The molecule has 0 radical (unpaired) electrons. The molecule has 1 aromatic carbocycles. The molecule has 76 valence electrons. The van der Waals surface area contributed by atoms with Crippen LogP contribution in [0.5, 0.6) is 0 Å². The Bertz CT molecular complexity index is 481. The van der Waals surface area contributed by atoms with Crippen molar-refractivity contribution >= 4 is 28.5 Å². The van der Waals surface area contributed by atoms with Gasteiger partial charge in [0.1, 0.15) is 10.1 Å². The maximum atomic E-state index is 10.9. The van der Waals surface area contributed by atoms with E-state index in [-0.39, 0.29) is 45.8 Å².